The number of nitriles is 1. The van der Waals surface area contributed by atoms with Crippen molar-refractivity contribution >= 4 is 40.1 Å². The fourth-order valence-electron chi connectivity index (χ4n) is 3.36. The fourth-order valence-corrected chi connectivity index (χ4v) is 4.01. The van der Waals surface area contributed by atoms with Crippen LogP contribution < -0.4 is 14.8 Å². The monoisotopic (exact) mass is 505 g/mol. The lowest BCUT2D eigenvalue weighted by atomic mass is 10.1. The van der Waals surface area contributed by atoms with Gasteiger partial charge in [-0.25, -0.2) is 4.98 Å². The molecule has 0 radical (unpaired) electrons. The molecule has 0 aliphatic heterocycles. The van der Waals surface area contributed by atoms with Crippen molar-refractivity contribution in [3.8, 4) is 28.8 Å². The van der Waals surface area contributed by atoms with Crippen LogP contribution in [0.25, 0.3) is 17.3 Å². The van der Waals surface area contributed by atoms with Crippen LogP contribution >= 0.6 is 22.9 Å². The summed E-state index contributed by atoms with van der Waals surface area (Å²) in [4.78, 5) is 16.7. The Morgan fingerprint density at radius 1 is 1.20 bits per heavy atom. The van der Waals surface area contributed by atoms with Gasteiger partial charge >= 0.3 is 0 Å². The van der Waals surface area contributed by atoms with Gasteiger partial charge in [-0.15, -0.1) is 11.3 Å². The molecule has 4 aromatic rings. The quantitative estimate of drug-likeness (QED) is 0.258. The van der Waals surface area contributed by atoms with E-state index in [4.69, 9.17) is 26.2 Å². The Morgan fingerprint density at radius 2 is 1.97 bits per heavy atom. The lowest BCUT2D eigenvalue weighted by molar-refractivity contribution is -0.112. The molecule has 35 heavy (non-hydrogen) atoms. The maximum absolute atomic E-state index is 12.7. The number of rotatable bonds is 8. The summed E-state index contributed by atoms with van der Waals surface area (Å²) in [7, 11) is 3.12. The molecule has 4 rings (SSSR count). The zero-order chi connectivity index (χ0) is 24.8. The molecule has 0 aliphatic rings. The number of hydrogen-bond donors (Lipinski definition) is 1. The lowest BCUT2D eigenvalue weighted by Crippen LogP contribution is -2.13. The number of halogens is 1. The van der Waals surface area contributed by atoms with E-state index in [1.54, 1.807) is 48.8 Å². The third-order valence-corrected chi connectivity index (χ3v) is 5.96. The molecule has 0 bridgehead atoms. The summed E-state index contributed by atoms with van der Waals surface area (Å²) in [6, 6.07) is 14.9. The molecule has 1 amide bonds. The first kappa shape index (κ1) is 24.0. The van der Waals surface area contributed by atoms with Gasteiger partial charge in [-0.1, -0.05) is 23.7 Å². The first-order valence-electron chi connectivity index (χ1n) is 10.4. The Labute approximate surface area is 211 Å². The number of benzene rings is 2. The van der Waals surface area contributed by atoms with Gasteiger partial charge in [0.25, 0.3) is 5.91 Å². The molecule has 2 aromatic carbocycles. The van der Waals surface area contributed by atoms with Crippen molar-refractivity contribution in [3.05, 3.63) is 82.0 Å². The summed E-state index contributed by atoms with van der Waals surface area (Å²) in [5, 5.41) is 19.9. The Hall–Kier alpha value is -4.13. The first-order valence-corrected chi connectivity index (χ1v) is 11.6. The number of methoxy groups -OCH3 is 2. The van der Waals surface area contributed by atoms with E-state index >= 15 is 0 Å². The minimum Gasteiger partial charge on any atom is -0.493 e. The van der Waals surface area contributed by atoms with Crippen molar-refractivity contribution in [1.29, 1.82) is 5.26 Å². The standard InChI is InChI=1S/C25H20ClN5O3S/c1-33-21-8-5-17(12-22(21)34-2)23-19(11-18(13-27)24(32)29-25-28-9-10-35-25)15-31(30-23)14-16-3-6-20(26)7-4-16/h3-12,15H,14H2,1-2H3,(H,28,29,32). The summed E-state index contributed by atoms with van der Waals surface area (Å²) >= 11 is 7.27. The third kappa shape index (κ3) is 5.69. The van der Waals surface area contributed by atoms with Crippen LogP contribution in [0.5, 0.6) is 11.5 Å². The van der Waals surface area contributed by atoms with E-state index < -0.39 is 5.91 Å². The van der Waals surface area contributed by atoms with Crippen molar-refractivity contribution in [1.82, 2.24) is 14.8 Å². The SMILES string of the molecule is COc1ccc(-c2nn(Cc3ccc(Cl)cc3)cc2C=C(C#N)C(=O)Nc2nccs2)cc1OC. The molecular weight excluding hydrogens is 486 g/mol. The van der Waals surface area contributed by atoms with Gasteiger partial charge in [0, 0.05) is 33.9 Å². The second kappa shape index (κ2) is 10.9. The molecule has 0 unspecified atom stereocenters. The number of thiazole rings is 1. The number of aromatic nitrogens is 3. The van der Waals surface area contributed by atoms with E-state index in [-0.39, 0.29) is 5.57 Å². The Balaban J connectivity index is 1.75. The van der Waals surface area contributed by atoms with Crippen LogP contribution in [0.15, 0.2) is 65.8 Å². The maximum Gasteiger partial charge on any atom is 0.268 e. The predicted octanol–water partition coefficient (Wildman–Crippen LogP) is 5.27. The van der Waals surface area contributed by atoms with Gasteiger partial charge in [0.1, 0.15) is 11.6 Å². The number of nitrogens with one attached hydrogen (secondary N) is 1. The van der Waals surface area contributed by atoms with Gasteiger partial charge in [-0.2, -0.15) is 10.4 Å². The van der Waals surface area contributed by atoms with Gasteiger partial charge in [0.2, 0.25) is 0 Å². The summed E-state index contributed by atoms with van der Waals surface area (Å²) in [6.45, 7) is 0.471. The highest BCUT2D eigenvalue weighted by molar-refractivity contribution is 7.13. The minimum atomic E-state index is -0.550. The number of anilines is 1. The van der Waals surface area contributed by atoms with Crippen molar-refractivity contribution in [3.63, 3.8) is 0 Å². The molecule has 176 valence electrons. The van der Waals surface area contributed by atoms with E-state index in [1.165, 1.54) is 17.4 Å². The second-order valence-corrected chi connectivity index (χ2v) is 8.62. The van der Waals surface area contributed by atoms with E-state index in [1.807, 2.05) is 36.4 Å². The molecule has 2 aromatic heterocycles. The normalized spacial score (nSPS) is 11.1. The highest BCUT2D eigenvalue weighted by atomic mass is 35.5. The first-order chi connectivity index (χ1) is 17.0. The Morgan fingerprint density at radius 3 is 2.63 bits per heavy atom. The molecule has 10 heteroatoms. The summed E-state index contributed by atoms with van der Waals surface area (Å²) in [5.74, 6) is 0.565. The van der Waals surface area contributed by atoms with Crippen molar-refractivity contribution < 1.29 is 14.3 Å². The zero-order valence-corrected chi connectivity index (χ0v) is 20.4. The Kier molecular flexibility index (Phi) is 7.45. The molecule has 8 nitrogen and oxygen atoms in total. The van der Waals surface area contributed by atoms with Crippen LogP contribution in [0.3, 0.4) is 0 Å². The van der Waals surface area contributed by atoms with Gasteiger partial charge in [0.05, 0.1) is 26.5 Å². The molecule has 0 aliphatic carbocycles. The van der Waals surface area contributed by atoms with Crippen molar-refractivity contribution in [2.24, 2.45) is 0 Å². The van der Waals surface area contributed by atoms with Crippen molar-refractivity contribution in [2.45, 2.75) is 6.54 Å². The molecule has 0 spiro atoms. The number of nitrogens with zero attached hydrogens (tertiary/aromatic N) is 4. The van der Waals surface area contributed by atoms with Crippen LogP contribution in [-0.2, 0) is 11.3 Å². The maximum atomic E-state index is 12.7. The third-order valence-electron chi connectivity index (χ3n) is 5.02. The summed E-state index contributed by atoms with van der Waals surface area (Å²) in [6.07, 6.45) is 4.88. The van der Waals surface area contributed by atoms with Crippen molar-refractivity contribution in [2.75, 3.05) is 19.5 Å². The molecule has 0 atom stereocenters. The van der Waals surface area contributed by atoms with Crippen LogP contribution in [0.4, 0.5) is 5.13 Å². The molecule has 0 saturated carbocycles. The van der Waals surface area contributed by atoms with E-state index in [9.17, 15) is 10.1 Å². The molecule has 2 heterocycles. The van der Waals surface area contributed by atoms with E-state index in [0.717, 1.165) is 11.1 Å². The van der Waals surface area contributed by atoms with Crippen LogP contribution in [0.1, 0.15) is 11.1 Å². The topological polar surface area (TPSA) is 102 Å². The number of carbonyl (C=O) groups is 1. The summed E-state index contributed by atoms with van der Waals surface area (Å²) < 4.78 is 12.5. The van der Waals surface area contributed by atoms with Gasteiger partial charge in [-0.3, -0.25) is 14.8 Å². The zero-order valence-electron chi connectivity index (χ0n) is 18.9. The van der Waals surface area contributed by atoms with E-state index in [0.29, 0.717) is 39.5 Å². The Bertz CT molecular complexity index is 1410. The number of carbonyl (C=O) groups excluding carboxylic acids is 1. The number of ether oxygens (including phenoxy) is 2. The van der Waals surface area contributed by atoms with Crippen LogP contribution in [0.2, 0.25) is 5.02 Å². The lowest BCUT2D eigenvalue weighted by Gasteiger charge is -2.09. The average Bonchev–Trinajstić information content (AvgIpc) is 3.53. The highest BCUT2D eigenvalue weighted by Gasteiger charge is 2.17. The van der Waals surface area contributed by atoms with Gasteiger partial charge in [-0.05, 0) is 42.0 Å². The second-order valence-electron chi connectivity index (χ2n) is 7.29. The minimum absolute atomic E-state index is 0.0760. The number of hydrogen-bond acceptors (Lipinski definition) is 7. The smallest absolute Gasteiger partial charge is 0.268 e. The van der Waals surface area contributed by atoms with Crippen LogP contribution in [-0.4, -0.2) is 34.9 Å². The largest absolute Gasteiger partial charge is 0.493 e. The number of amides is 1. The van der Waals surface area contributed by atoms with Crippen LogP contribution in [0, 0.1) is 11.3 Å². The fraction of sp³-hybridized carbons (Fsp3) is 0.120. The summed E-state index contributed by atoms with van der Waals surface area (Å²) in [5.41, 5.74) is 2.83. The van der Waals surface area contributed by atoms with Gasteiger partial charge in [0.15, 0.2) is 16.6 Å². The molecule has 1 N–H and O–H groups in total. The predicted molar refractivity (Wildman–Crippen MR) is 136 cm³/mol. The highest BCUT2D eigenvalue weighted by Crippen LogP contribution is 2.34. The molecule has 0 saturated heterocycles. The van der Waals surface area contributed by atoms with Gasteiger partial charge < -0.3 is 9.47 Å². The van der Waals surface area contributed by atoms with E-state index in [2.05, 4.69) is 10.3 Å². The molecular formula is C25H20ClN5O3S. The average molecular weight is 506 g/mol. The molecule has 0 fully saturated rings.